The normalized spacial score (nSPS) is 21.4. The van der Waals surface area contributed by atoms with E-state index in [-0.39, 0.29) is 0 Å². The maximum Gasteiger partial charge on any atom is 0.222 e. The molecule has 0 aromatic carbocycles. The van der Waals surface area contributed by atoms with Crippen molar-refractivity contribution in [2.75, 3.05) is 11.9 Å². The van der Waals surface area contributed by atoms with Crippen LogP contribution < -0.4 is 5.32 Å². The van der Waals surface area contributed by atoms with Crippen LogP contribution in [0.3, 0.4) is 0 Å². The first-order valence-electron chi connectivity index (χ1n) is 9.72. The van der Waals surface area contributed by atoms with E-state index in [1.807, 2.05) is 6.07 Å². The van der Waals surface area contributed by atoms with E-state index < -0.39 is 0 Å². The highest BCUT2D eigenvalue weighted by Gasteiger charge is 2.34. The largest absolute Gasteiger partial charge is 0.354 e. The van der Waals surface area contributed by atoms with E-state index in [1.165, 1.54) is 19.3 Å². The van der Waals surface area contributed by atoms with Crippen LogP contribution in [0, 0.1) is 28.6 Å². The van der Waals surface area contributed by atoms with Crippen LogP contribution in [0.4, 0.5) is 5.95 Å². The summed E-state index contributed by atoms with van der Waals surface area (Å²) >= 11 is 0. The lowest BCUT2D eigenvalue weighted by molar-refractivity contribution is 0.107. The van der Waals surface area contributed by atoms with Crippen molar-refractivity contribution in [3.05, 3.63) is 41.7 Å². The van der Waals surface area contributed by atoms with Crippen molar-refractivity contribution < 1.29 is 0 Å². The molecule has 6 nitrogen and oxygen atoms in total. The molecule has 1 aliphatic rings. The number of rotatable bonds is 6. The zero-order chi connectivity index (χ0) is 19.3. The van der Waals surface area contributed by atoms with Gasteiger partial charge in [-0.05, 0) is 49.0 Å². The summed E-state index contributed by atoms with van der Waals surface area (Å²) < 4.78 is 0. The van der Waals surface area contributed by atoms with Crippen molar-refractivity contribution in [3.8, 4) is 6.07 Å². The number of nitriles is 1. The van der Waals surface area contributed by atoms with E-state index in [4.69, 9.17) is 0 Å². The number of nitrogens with zero attached hydrogens (tertiary/aromatic N) is 5. The summed E-state index contributed by atoms with van der Waals surface area (Å²) in [5, 5.41) is 12.7. The molecule has 2 heterocycles. The third-order valence-electron chi connectivity index (χ3n) is 5.93. The van der Waals surface area contributed by atoms with E-state index >= 15 is 0 Å². The number of hydrogen-bond donors (Lipinski definition) is 1. The molecule has 0 unspecified atom stereocenters. The van der Waals surface area contributed by atoms with Gasteiger partial charge in [-0.1, -0.05) is 20.8 Å². The second kappa shape index (κ2) is 8.43. The first kappa shape index (κ1) is 19.2. The number of hydrogen-bond acceptors (Lipinski definition) is 6. The Morgan fingerprint density at radius 1 is 1.30 bits per heavy atom. The van der Waals surface area contributed by atoms with E-state index in [1.54, 1.807) is 18.7 Å². The van der Waals surface area contributed by atoms with Gasteiger partial charge in [0.2, 0.25) is 5.95 Å². The van der Waals surface area contributed by atoms with Gasteiger partial charge < -0.3 is 5.32 Å². The van der Waals surface area contributed by atoms with Gasteiger partial charge in [0.1, 0.15) is 12.4 Å². The first-order chi connectivity index (χ1) is 13.0. The van der Waals surface area contributed by atoms with E-state index in [0.29, 0.717) is 29.4 Å². The summed E-state index contributed by atoms with van der Waals surface area (Å²) in [7, 11) is 0. The fourth-order valence-corrected chi connectivity index (χ4v) is 3.89. The van der Waals surface area contributed by atoms with Gasteiger partial charge >= 0.3 is 0 Å². The average molecular weight is 364 g/mol. The van der Waals surface area contributed by atoms with Gasteiger partial charge in [-0.15, -0.1) is 0 Å². The van der Waals surface area contributed by atoms with Gasteiger partial charge in [-0.2, -0.15) is 5.26 Å². The summed E-state index contributed by atoms with van der Waals surface area (Å²) in [6.07, 6.45) is 10.2. The van der Waals surface area contributed by atoms with Gasteiger partial charge in [-0.3, -0.25) is 0 Å². The highest BCUT2D eigenvalue weighted by molar-refractivity contribution is 5.37. The molecule has 3 rings (SSSR count). The quantitative estimate of drug-likeness (QED) is 0.839. The van der Waals surface area contributed by atoms with Crippen LogP contribution in [-0.4, -0.2) is 26.5 Å². The molecule has 0 amide bonds. The topological polar surface area (TPSA) is 87.4 Å². The van der Waals surface area contributed by atoms with E-state index in [9.17, 15) is 5.26 Å². The van der Waals surface area contributed by atoms with Gasteiger partial charge in [0.15, 0.2) is 0 Å². The smallest absolute Gasteiger partial charge is 0.222 e. The summed E-state index contributed by atoms with van der Waals surface area (Å²) in [6, 6.07) is 4.16. The maximum atomic E-state index is 9.44. The highest BCUT2D eigenvalue weighted by Crippen LogP contribution is 2.44. The number of anilines is 1. The van der Waals surface area contributed by atoms with Crippen LogP contribution in [-0.2, 0) is 12.8 Å². The predicted octanol–water partition coefficient (Wildman–Crippen LogP) is 3.80. The van der Waals surface area contributed by atoms with Crippen molar-refractivity contribution in [1.29, 1.82) is 5.26 Å². The minimum atomic E-state index is 0.349. The van der Waals surface area contributed by atoms with Crippen LogP contribution in [0.25, 0.3) is 0 Å². The molecule has 0 spiro atoms. The first-order valence-corrected chi connectivity index (χ1v) is 9.72. The molecule has 2 aromatic rings. The Morgan fingerprint density at radius 3 is 2.85 bits per heavy atom. The molecule has 6 heteroatoms. The van der Waals surface area contributed by atoms with Crippen LogP contribution in [0.15, 0.2) is 24.8 Å². The summed E-state index contributed by atoms with van der Waals surface area (Å²) in [5.74, 6) is 1.90. The second-order valence-electron chi connectivity index (χ2n) is 8.28. The van der Waals surface area contributed by atoms with Crippen molar-refractivity contribution in [2.24, 2.45) is 17.3 Å². The molecule has 0 saturated heterocycles. The third-order valence-corrected chi connectivity index (χ3v) is 5.93. The lowest BCUT2D eigenvalue weighted by Crippen LogP contribution is -2.31. The molecule has 1 aliphatic carbocycles. The monoisotopic (exact) mass is 364 g/mol. The average Bonchev–Trinajstić information content (AvgIpc) is 2.66. The number of aromatic nitrogens is 4. The minimum Gasteiger partial charge on any atom is -0.354 e. The molecular formula is C21H28N6. The van der Waals surface area contributed by atoms with Crippen molar-refractivity contribution in [3.63, 3.8) is 0 Å². The highest BCUT2D eigenvalue weighted by atomic mass is 15.1. The summed E-state index contributed by atoms with van der Waals surface area (Å²) in [5.41, 5.74) is 2.78. The predicted molar refractivity (Wildman–Crippen MR) is 105 cm³/mol. The zero-order valence-electron chi connectivity index (χ0n) is 16.4. The van der Waals surface area contributed by atoms with Crippen LogP contribution in [0.2, 0.25) is 0 Å². The molecule has 2 aromatic heterocycles. The Balaban J connectivity index is 1.64. The molecule has 0 bridgehead atoms. The molecule has 2 atom stereocenters. The van der Waals surface area contributed by atoms with Crippen LogP contribution in [0.1, 0.15) is 57.0 Å². The molecule has 1 N–H and O–H groups in total. The summed E-state index contributed by atoms with van der Waals surface area (Å²) in [6.45, 7) is 7.75. The maximum absolute atomic E-state index is 9.44. The molecule has 27 heavy (non-hydrogen) atoms. The molecule has 1 fully saturated rings. The molecule has 142 valence electrons. The molecular weight excluding hydrogens is 336 g/mol. The fraction of sp³-hybridized carbons (Fsp3) is 0.571. The standard InChI is InChI=1S/C21H28N6/c1-15-4-5-16(11-21(15,2)3)10-19-17(12-22)13-25-20(27-19)24-9-7-18-6-8-23-14-26-18/h6,8,13-16H,4-5,7,9-11H2,1-3H3,(H,24,25,27)/t15-,16-/m0/s1. The van der Waals surface area contributed by atoms with Gasteiger partial charge in [-0.25, -0.2) is 19.9 Å². The Labute approximate surface area is 161 Å². The van der Waals surface area contributed by atoms with Crippen molar-refractivity contribution in [1.82, 2.24) is 19.9 Å². The van der Waals surface area contributed by atoms with Crippen LogP contribution in [0.5, 0.6) is 0 Å². The fourth-order valence-electron chi connectivity index (χ4n) is 3.89. The molecule has 1 saturated carbocycles. The van der Waals surface area contributed by atoms with E-state index in [2.05, 4.69) is 52.1 Å². The van der Waals surface area contributed by atoms with E-state index in [0.717, 1.165) is 30.1 Å². The zero-order valence-corrected chi connectivity index (χ0v) is 16.4. The van der Waals surface area contributed by atoms with Gasteiger partial charge in [0.25, 0.3) is 0 Å². The Kier molecular flexibility index (Phi) is 6.00. The van der Waals surface area contributed by atoms with Crippen molar-refractivity contribution in [2.45, 2.75) is 52.9 Å². The second-order valence-corrected chi connectivity index (χ2v) is 8.28. The van der Waals surface area contributed by atoms with Gasteiger partial charge in [0.05, 0.1) is 17.5 Å². The van der Waals surface area contributed by atoms with Gasteiger partial charge in [0, 0.05) is 24.9 Å². The molecule has 0 aliphatic heterocycles. The lowest BCUT2D eigenvalue weighted by Gasteiger charge is -2.40. The molecule has 0 radical (unpaired) electrons. The Hall–Kier alpha value is -2.55. The minimum absolute atomic E-state index is 0.349. The Bertz CT molecular complexity index is 796. The number of nitrogens with one attached hydrogen (secondary N) is 1. The van der Waals surface area contributed by atoms with Crippen molar-refractivity contribution >= 4 is 5.95 Å². The Morgan fingerprint density at radius 2 is 2.15 bits per heavy atom. The lowest BCUT2D eigenvalue weighted by atomic mass is 9.65. The SMILES string of the molecule is C[C@H]1CC[C@@H](Cc2nc(NCCc3ccncn3)ncc2C#N)CC1(C)C. The summed E-state index contributed by atoms with van der Waals surface area (Å²) in [4.78, 5) is 17.1. The van der Waals surface area contributed by atoms with Crippen LogP contribution >= 0.6 is 0 Å². The third kappa shape index (κ3) is 5.00.